The first-order valence-electron chi connectivity index (χ1n) is 5.01. The van der Waals surface area contributed by atoms with Crippen LogP contribution in [0.5, 0.6) is 0 Å². The number of ketones is 1. The summed E-state index contributed by atoms with van der Waals surface area (Å²) in [5, 5.41) is 0. The molecule has 1 aromatic rings. The Labute approximate surface area is 93.7 Å². The molecule has 0 fully saturated rings. The number of carbonyl (C=O) groups excluding carboxylic acids is 2. The molecule has 3 nitrogen and oxygen atoms in total. The summed E-state index contributed by atoms with van der Waals surface area (Å²) >= 11 is 0. The minimum Gasteiger partial charge on any atom is -0.468 e. The second-order valence-corrected chi connectivity index (χ2v) is 3.78. The van der Waals surface area contributed by atoms with E-state index < -0.39 is 11.4 Å². The van der Waals surface area contributed by atoms with Crippen molar-refractivity contribution < 1.29 is 14.3 Å². The Morgan fingerprint density at radius 1 is 1.19 bits per heavy atom. The quantitative estimate of drug-likeness (QED) is 0.572. The van der Waals surface area contributed by atoms with Crippen molar-refractivity contribution in [1.82, 2.24) is 0 Å². The van der Waals surface area contributed by atoms with Crippen molar-refractivity contribution in [2.24, 2.45) is 5.41 Å². The highest BCUT2D eigenvalue weighted by Crippen LogP contribution is 2.52. The summed E-state index contributed by atoms with van der Waals surface area (Å²) in [5.74, 6) is -0.697. The predicted molar refractivity (Wildman–Crippen MR) is 59.5 cm³/mol. The third-order valence-corrected chi connectivity index (χ3v) is 2.85. The standard InChI is InChI=1S/C13H12O3/c1-9(14)13(12(15)16-2)8-11(13)10-6-4-3-5-7-10/h3-8H,1-2H3/t13-/m0/s1. The van der Waals surface area contributed by atoms with Gasteiger partial charge in [0.15, 0.2) is 11.2 Å². The molecule has 0 aliphatic heterocycles. The zero-order valence-corrected chi connectivity index (χ0v) is 9.19. The lowest BCUT2D eigenvalue weighted by atomic mass is 9.92. The second kappa shape index (κ2) is 3.59. The van der Waals surface area contributed by atoms with E-state index in [4.69, 9.17) is 0 Å². The number of rotatable bonds is 3. The molecule has 1 aromatic carbocycles. The first-order chi connectivity index (χ1) is 7.63. The van der Waals surface area contributed by atoms with Crippen LogP contribution in [0.2, 0.25) is 0 Å². The van der Waals surface area contributed by atoms with Crippen molar-refractivity contribution in [2.45, 2.75) is 6.92 Å². The third kappa shape index (κ3) is 1.36. The van der Waals surface area contributed by atoms with Gasteiger partial charge in [-0.3, -0.25) is 9.59 Å². The first-order valence-corrected chi connectivity index (χ1v) is 5.01. The van der Waals surface area contributed by atoms with Gasteiger partial charge in [-0.1, -0.05) is 30.3 Å². The lowest BCUT2D eigenvalue weighted by Gasteiger charge is -2.12. The Bertz CT molecular complexity index is 473. The molecular formula is C13H12O3. The highest BCUT2D eigenvalue weighted by atomic mass is 16.5. The van der Waals surface area contributed by atoms with Crippen LogP contribution in [0.15, 0.2) is 36.4 Å². The molecule has 0 N–H and O–H groups in total. The molecule has 82 valence electrons. The van der Waals surface area contributed by atoms with Crippen LogP contribution in [0.1, 0.15) is 12.5 Å². The molecular weight excluding hydrogens is 204 g/mol. The summed E-state index contributed by atoms with van der Waals surface area (Å²) in [6, 6.07) is 9.38. The van der Waals surface area contributed by atoms with Gasteiger partial charge in [0.2, 0.25) is 0 Å². The molecule has 2 rings (SSSR count). The average molecular weight is 216 g/mol. The molecule has 0 heterocycles. The van der Waals surface area contributed by atoms with Crippen molar-refractivity contribution >= 4 is 17.3 Å². The van der Waals surface area contributed by atoms with E-state index in [1.165, 1.54) is 14.0 Å². The van der Waals surface area contributed by atoms with Crippen molar-refractivity contribution in [3.63, 3.8) is 0 Å². The molecule has 0 saturated carbocycles. The maximum absolute atomic E-state index is 11.6. The Kier molecular flexibility index (Phi) is 2.38. The van der Waals surface area contributed by atoms with Gasteiger partial charge in [0.25, 0.3) is 0 Å². The molecule has 0 saturated heterocycles. The lowest BCUT2D eigenvalue weighted by Crippen LogP contribution is -2.28. The van der Waals surface area contributed by atoms with E-state index in [1.54, 1.807) is 6.08 Å². The van der Waals surface area contributed by atoms with E-state index in [0.717, 1.165) is 11.1 Å². The van der Waals surface area contributed by atoms with Gasteiger partial charge in [0.05, 0.1) is 7.11 Å². The fourth-order valence-corrected chi connectivity index (χ4v) is 1.87. The molecule has 0 amide bonds. The van der Waals surface area contributed by atoms with Gasteiger partial charge in [-0.05, 0) is 24.1 Å². The Morgan fingerprint density at radius 3 is 2.31 bits per heavy atom. The van der Waals surface area contributed by atoms with E-state index >= 15 is 0 Å². The number of benzene rings is 1. The van der Waals surface area contributed by atoms with E-state index in [-0.39, 0.29) is 5.78 Å². The van der Waals surface area contributed by atoms with Crippen molar-refractivity contribution in [3.05, 3.63) is 42.0 Å². The molecule has 1 aliphatic rings. The van der Waals surface area contributed by atoms with Crippen LogP contribution in [-0.4, -0.2) is 18.9 Å². The maximum atomic E-state index is 11.6. The van der Waals surface area contributed by atoms with Crippen LogP contribution >= 0.6 is 0 Å². The van der Waals surface area contributed by atoms with Crippen molar-refractivity contribution in [1.29, 1.82) is 0 Å². The van der Waals surface area contributed by atoms with Gasteiger partial charge < -0.3 is 4.74 Å². The smallest absolute Gasteiger partial charge is 0.327 e. The average Bonchev–Trinajstić information content (AvgIpc) is 3.06. The molecule has 3 heteroatoms. The fraction of sp³-hybridized carbons (Fsp3) is 0.231. The van der Waals surface area contributed by atoms with E-state index in [2.05, 4.69) is 4.74 Å². The number of carbonyl (C=O) groups is 2. The molecule has 16 heavy (non-hydrogen) atoms. The summed E-state index contributed by atoms with van der Waals surface area (Å²) < 4.78 is 4.68. The topological polar surface area (TPSA) is 43.4 Å². The molecule has 0 unspecified atom stereocenters. The number of methoxy groups -OCH3 is 1. The SMILES string of the molecule is COC(=O)[C@]1(C(C)=O)C=C1c1ccccc1. The molecule has 1 aliphatic carbocycles. The van der Waals surface area contributed by atoms with Crippen LogP contribution in [0.25, 0.3) is 5.57 Å². The second-order valence-electron chi connectivity index (χ2n) is 3.78. The number of hydrogen-bond acceptors (Lipinski definition) is 3. The summed E-state index contributed by atoms with van der Waals surface area (Å²) in [6.45, 7) is 1.41. The number of esters is 1. The fourth-order valence-electron chi connectivity index (χ4n) is 1.87. The minimum absolute atomic E-state index is 0.196. The number of Topliss-reactive ketones (excluding diaryl/α,β-unsaturated/α-hetero) is 1. The maximum Gasteiger partial charge on any atom is 0.327 e. The molecule has 0 radical (unpaired) electrons. The molecule has 0 aromatic heterocycles. The largest absolute Gasteiger partial charge is 0.468 e. The van der Waals surface area contributed by atoms with Gasteiger partial charge in [-0.2, -0.15) is 0 Å². The lowest BCUT2D eigenvalue weighted by molar-refractivity contribution is -0.148. The van der Waals surface area contributed by atoms with Crippen LogP contribution in [0, 0.1) is 5.41 Å². The van der Waals surface area contributed by atoms with E-state index in [0.29, 0.717) is 0 Å². The molecule has 0 bridgehead atoms. The number of hydrogen-bond donors (Lipinski definition) is 0. The third-order valence-electron chi connectivity index (χ3n) is 2.85. The summed E-state index contributed by atoms with van der Waals surface area (Å²) in [7, 11) is 1.29. The normalized spacial score (nSPS) is 22.2. The van der Waals surface area contributed by atoms with Gasteiger partial charge in [-0.15, -0.1) is 0 Å². The summed E-state index contributed by atoms with van der Waals surface area (Å²) in [5.41, 5.74) is 0.506. The monoisotopic (exact) mass is 216 g/mol. The van der Waals surface area contributed by atoms with Crippen LogP contribution in [0.4, 0.5) is 0 Å². The molecule has 1 atom stereocenters. The Balaban J connectivity index is 2.33. The Morgan fingerprint density at radius 2 is 1.81 bits per heavy atom. The van der Waals surface area contributed by atoms with E-state index in [1.807, 2.05) is 30.3 Å². The van der Waals surface area contributed by atoms with Gasteiger partial charge in [0.1, 0.15) is 0 Å². The van der Waals surface area contributed by atoms with Gasteiger partial charge in [-0.25, -0.2) is 0 Å². The van der Waals surface area contributed by atoms with Gasteiger partial charge in [0, 0.05) is 0 Å². The van der Waals surface area contributed by atoms with Crippen LogP contribution in [0.3, 0.4) is 0 Å². The van der Waals surface area contributed by atoms with Crippen molar-refractivity contribution in [2.75, 3.05) is 7.11 Å². The van der Waals surface area contributed by atoms with Crippen LogP contribution in [-0.2, 0) is 14.3 Å². The van der Waals surface area contributed by atoms with Gasteiger partial charge >= 0.3 is 5.97 Å². The highest BCUT2D eigenvalue weighted by Gasteiger charge is 2.56. The zero-order valence-electron chi connectivity index (χ0n) is 9.19. The van der Waals surface area contributed by atoms with Crippen molar-refractivity contribution in [3.8, 4) is 0 Å². The molecule has 0 spiro atoms. The number of ether oxygens (including phenoxy) is 1. The first kappa shape index (κ1) is 10.6. The Hall–Kier alpha value is -1.90. The zero-order chi connectivity index (χ0) is 11.8. The minimum atomic E-state index is -1.13. The highest BCUT2D eigenvalue weighted by molar-refractivity contribution is 6.24. The van der Waals surface area contributed by atoms with E-state index in [9.17, 15) is 9.59 Å². The van der Waals surface area contributed by atoms with Crippen LogP contribution < -0.4 is 0 Å². The summed E-state index contributed by atoms with van der Waals surface area (Å²) in [6.07, 6.45) is 1.66. The predicted octanol–water partition coefficient (Wildman–Crippen LogP) is 1.83. The summed E-state index contributed by atoms with van der Waals surface area (Å²) in [4.78, 5) is 23.2.